The van der Waals surface area contributed by atoms with E-state index in [2.05, 4.69) is 10.6 Å². The monoisotopic (exact) mass is 268 g/mol. The lowest BCUT2D eigenvalue weighted by atomic mass is 10.1. The number of rotatable bonds is 3. The van der Waals surface area contributed by atoms with Crippen molar-refractivity contribution >= 4 is 23.0 Å². The van der Waals surface area contributed by atoms with Crippen LogP contribution in [0.15, 0.2) is 24.3 Å². The zero-order chi connectivity index (χ0) is 13.0. The van der Waals surface area contributed by atoms with Gasteiger partial charge in [-0.1, -0.05) is 12.1 Å². The van der Waals surface area contributed by atoms with Crippen molar-refractivity contribution in [3.8, 4) is 0 Å². The number of hydrogen-bond donors (Lipinski definition) is 2. The number of hydrogen-bond acceptors (Lipinski definition) is 2. The lowest BCUT2D eigenvalue weighted by molar-refractivity contribution is 0.0895. The highest BCUT2D eigenvalue weighted by molar-refractivity contribution is 7.80. The first kappa shape index (κ1) is 13.2. The van der Waals surface area contributed by atoms with Crippen molar-refractivity contribution in [2.24, 2.45) is 0 Å². The van der Waals surface area contributed by atoms with E-state index in [9.17, 15) is 4.39 Å². The average molecular weight is 268 g/mol. The van der Waals surface area contributed by atoms with Gasteiger partial charge < -0.3 is 15.4 Å². The van der Waals surface area contributed by atoms with Gasteiger partial charge in [-0.25, -0.2) is 4.39 Å². The first-order chi connectivity index (χ1) is 8.66. The molecule has 2 unspecified atom stereocenters. The van der Waals surface area contributed by atoms with Crippen molar-refractivity contribution in [2.75, 3.05) is 11.9 Å². The molecule has 1 saturated heterocycles. The van der Waals surface area contributed by atoms with E-state index in [1.54, 1.807) is 18.2 Å². The van der Waals surface area contributed by atoms with Gasteiger partial charge in [0, 0.05) is 6.61 Å². The van der Waals surface area contributed by atoms with Crippen LogP contribution in [-0.2, 0) is 4.74 Å². The van der Waals surface area contributed by atoms with Gasteiger partial charge >= 0.3 is 0 Å². The molecule has 0 spiro atoms. The number of nitrogens with one attached hydrogen (secondary N) is 2. The predicted molar refractivity (Wildman–Crippen MR) is 74.2 cm³/mol. The van der Waals surface area contributed by atoms with Crippen molar-refractivity contribution in [1.82, 2.24) is 5.32 Å². The highest BCUT2D eigenvalue weighted by atomic mass is 32.1. The first-order valence-corrected chi connectivity index (χ1v) is 6.51. The molecule has 5 heteroatoms. The lowest BCUT2D eigenvalue weighted by Gasteiger charge is -2.22. The minimum Gasteiger partial charge on any atom is -0.376 e. The molecular formula is C13H17FN2OS. The molecule has 2 atom stereocenters. The summed E-state index contributed by atoms with van der Waals surface area (Å²) in [5.41, 5.74) is 0.384. The summed E-state index contributed by atoms with van der Waals surface area (Å²) in [5.74, 6) is -0.314. The maximum atomic E-state index is 13.4. The maximum absolute atomic E-state index is 13.4. The molecule has 98 valence electrons. The summed E-state index contributed by atoms with van der Waals surface area (Å²) in [5, 5.41) is 6.40. The fraction of sp³-hybridized carbons (Fsp3) is 0.462. The summed E-state index contributed by atoms with van der Waals surface area (Å²) >= 11 is 5.16. The quantitative estimate of drug-likeness (QED) is 0.826. The van der Waals surface area contributed by atoms with Gasteiger partial charge in [0.2, 0.25) is 0 Å². The van der Waals surface area contributed by atoms with Gasteiger partial charge in [-0.2, -0.15) is 0 Å². The van der Waals surface area contributed by atoms with Gasteiger partial charge in [0.05, 0.1) is 17.8 Å². The third-order valence-electron chi connectivity index (χ3n) is 3.00. The zero-order valence-corrected chi connectivity index (χ0v) is 11.1. The van der Waals surface area contributed by atoms with Gasteiger partial charge in [0.25, 0.3) is 0 Å². The number of para-hydroxylation sites is 1. The molecule has 1 aromatic carbocycles. The number of halogens is 1. The summed E-state index contributed by atoms with van der Waals surface area (Å²) < 4.78 is 19.0. The van der Waals surface area contributed by atoms with Crippen LogP contribution in [0.2, 0.25) is 0 Å². The second-order valence-electron chi connectivity index (χ2n) is 4.42. The third-order valence-corrected chi connectivity index (χ3v) is 3.22. The first-order valence-electron chi connectivity index (χ1n) is 6.10. The molecule has 3 nitrogen and oxygen atoms in total. The van der Waals surface area contributed by atoms with Gasteiger partial charge in [-0.05, 0) is 44.1 Å². The van der Waals surface area contributed by atoms with Crippen molar-refractivity contribution in [3.63, 3.8) is 0 Å². The van der Waals surface area contributed by atoms with E-state index >= 15 is 0 Å². The van der Waals surface area contributed by atoms with Crippen molar-refractivity contribution in [2.45, 2.75) is 31.9 Å². The molecule has 1 fully saturated rings. The Hall–Kier alpha value is -1.20. The van der Waals surface area contributed by atoms with E-state index in [1.165, 1.54) is 6.07 Å². The van der Waals surface area contributed by atoms with Gasteiger partial charge in [0.1, 0.15) is 5.82 Å². The molecule has 18 heavy (non-hydrogen) atoms. The maximum Gasteiger partial charge on any atom is 0.171 e. The van der Waals surface area contributed by atoms with Crippen LogP contribution in [-0.4, -0.2) is 23.9 Å². The summed E-state index contributed by atoms with van der Waals surface area (Å²) in [7, 11) is 0. The molecule has 2 N–H and O–H groups in total. The largest absolute Gasteiger partial charge is 0.376 e. The molecule has 0 saturated carbocycles. The highest BCUT2D eigenvalue weighted by Crippen LogP contribution is 2.16. The fourth-order valence-corrected chi connectivity index (χ4v) is 2.31. The van der Waals surface area contributed by atoms with Crippen LogP contribution in [0.25, 0.3) is 0 Å². The smallest absolute Gasteiger partial charge is 0.171 e. The van der Waals surface area contributed by atoms with Crippen LogP contribution in [0.5, 0.6) is 0 Å². The van der Waals surface area contributed by atoms with Crippen LogP contribution < -0.4 is 10.6 Å². The molecule has 2 rings (SSSR count). The second kappa shape index (κ2) is 6.11. The Balaban J connectivity index is 1.86. The molecular weight excluding hydrogens is 251 g/mol. The summed E-state index contributed by atoms with van der Waals surface area (Å²) in [6.45, 7) is 2.83. The van der Waals surface area contributed by atoms with E-state index in [4.69, 9.17) is 17.0 Å². The van der Waals surface area contributed by atoms with Crippen molar-refractivity contribution in [3.05, 3.63) is 30.1 Å². The highest BCUT2D eigenvalue weighted by Gasteiger charge is 2.22. The van der Waals surface area contributed by atoms with Crippen molar-refractivity contribution in [1.29, 1.82) is 0 Å². The van der Waals surface area contributed by atoms with Crippen molar-refractivity contribution < 1.29 is 9.13 Å². The molecule has 1 aromatic rings. The molecule has 1 aliphatic heterocycles. The number of thiocarbonyl (C=S) groups is 1. The minimum absolute atomic E-state index is 0.124. The molecule has 0 radical (unpaired) electrons. The second-order valence-corrected chi connectivity index (χ2v) is 4.83. The van der Waals surface area contributed by atoms with Gasteiger partial charge in [0.15, 0.2) is 5.11 Å². The van der Waals surface area contributed by atoms with E-state index in [0.717, 1.165) is 19.4 Å². The molecule has 0 aliphatic carbocycles. The zero-order valence-electron chi connectivity index (χ0n) is 10.3. The van der Waals surface area contributed by atoms with Gasteiger partial charge in [-0.15, -0.1) is 0 Å². The number of anilines is 1. The Morgan fingerprint density at radius 1 is 1.50 bits per heavy atom. The molecule has 1 aliphatic rings. The van der Waals surface area contributed by atoms with E-state index < -0.39 is 0 Å². The number of ether oxygens (including phenoxy) is 1. The Labute approximate surface area is 112 Å². The van der Waals surface area contributed by atoms with E-state index in [-0.39, 0.29) is 18.0 Å². The van der Waals surface area contributed by atoms with Crippen LogP contribution in [0, 0.1) is 5.82 Å². The Kier molecular flexibility index (Phi) is 4.49. The lowest BCUT2D eigenvalue weighted by Crippen LogP contribution is -2.42. The third kappa shape index (κ3) is 3.40. The number of benzene rings is 1. The van der Waals surface area contributed by atoms with E-state index in [0.29, 0.717) is 10.8 Å². The SMILES string of the molecule is CC(NC(=S)Nc1ccccc1F)C1CCCO1. The minimum atomic E-state index is -0.314. The molecule has 0 aromatic heterocycles. The Morgan fingerprint density at radius 3 is 2.94 bits per heavy atom. The van der Waals surface area contributed by atoms with Crippen LogP contribution in [0.3, 0.4) is 0 Å². The average Bonchev–Trinajstić information content (AvgIpc) is 2.85. The molecule has 0 amide bonds. The van der Waals surface area contributed by atoms with Crippen LogP contribution in [0.4, 0.5) is 10.1 Å². The Morgan fingerprint density at radius 2 is 2.28 bits per heavy atom. The summed E-state index contributed by atoms with van der Waals surface area (Å²) in [6, 6.07) is 6.58. The predicted octanol–water partition coefficient (Wildman–Crippen LogP) is 2.68. The Bertz CT molecular complexity index is 421. The van der Waals surface area contributed by atoms with Gasteiger partial charge in [-0.3, -0.25) is 0 Å². The summed E-state index contributed by atoms with van der Waals surface area (Å²) in [6.07, 6.45) is 2.31. The molecule has 1 heterocycles. The van der Waals surface area contributed by atoms with E-state index in [1.807, 2.05) is 6.92 Å². The normalized spacial score (nSPS) is 20.4. The van der Waals surface area contributed by atoms with Crippen LogP contribution >= 0.6 is 12.2 Å². The topological polar surface area (TPSA) is 33.3 Å². The fourth-order valence-electron chi connectivity index (χ4n) is 2.02. The molecule has 0 bridgehead atoms. The van der Waals surface area contributed by atoms with Crippen LogP contribution in [0.1, 0.15) is 19.8 Å². The standard InChI is InChI=1S/C13H17FN2OS/c1-9(12-7-4-8-17-12)15-13(18)16-11-6-3-2-5-10(11)14/h2-3,5-6,9,12H,4,7-8H2,1H3,(H2,15,16,18). The summed E-state index contributed by atoms with van der Waals surface area (Å²) in [4.78, 5) is 0.